The molecule has 4 heterocycles. The van der Waals surface area contributed by atoms with Crippen molar-refractivity contribution >= 4 is 11.6 Å². The first kappa shape index (κ1) is 12.8. The van der Waals surface area contributed by atoms with Crippen LogP contribution in [0.15, 0.2) is 41.1 Å². The van der Waals surface area contributed by atoms with Crippen molar-refractivity contribution < 1.29 is 4.74 Å². The van der Waals surface area contributed by atoms with Crippen LogP contribution in [0.3, 0.4) is 0 Å². The van der Waals surface area contributed by atoms with E-state index in [0.29, 0.717) is 6.42 Å². The van der Waals surface area contributed by atoms with E-state index in [1.54, 1.807) is 13.3 Å². The first-order valence-corrected chi connectivity index (χ1v) is 6.50. The van der Waals surface area contributed by atoms with Crippen molar-refractivity contribution in [2.24, 2.45) is 10.3 Å². The number of nitrogens with one attached hydrogen (secondary N) is 2. The van der Waals surface area contributed by atoms with Crippen molar-refractivity contribution in [3.05, 3.63) is 36.3 Å². The number of aromatic nitrogens is 6. The molecule has 112 valence electrons. The number of nitrogens with zero attached hydrogens (tertiary/aromatic N) is 8. The minimum absolute atomic E-state index is 0.252. The second kappa shape index (κ2) is 4.82. The fourth-order valence-electron chi connectivity index (χ4n) is 2.30. The molecule has 1 aliphatic heterocycles. The largest absolute Gasteiger partial charge is 0.342 e. The highest BCUT2D eigenvalue weighted by molar-refractivity contribution is 5.48. The Balaban J connectivity index is 1.63. The minimum atomic E-state index is -1.05. The van der Waals surface area contributed by atoms with Crippen molar-refractivity contribution in [1.29, 1.82) is 0 Å². The van der Waals surface area contributed by atoms with Gasteiger partial charge in [0, 0.05) is 37.7 Å². The van der Waals surface area contributed by atoms with Gasteiger partial charge in [0.2, 0.25) is 0 Å². The van der Waals surface area contributed by atoms with E-state index in [-0.39, 0.29) is 5.95 Å². The number of rotatable bonds is 4. The standard InChI is InChI=1S/C11H12N10O/c1-22-11(15-19-21(16-11)10-13-17-18-14-10)7-8-3-2-5-20-6-4-12-9(8)20/h2-6,16H,7H2,1H3,(H,13,14,17,18). The highest BCUT2D eigenvalue weighted by Gasteiger charge is 2.39. The van der Waals surface area contributed by atoms with Gasteiger partial charge in [0.1, 0.15) is 5.65 Å². The molecule has 22 heavy (non-hydrogen) atoms. The number of imidazole rings is 1. The zero-order valence-corrected chi connectivity index (χ0v) is 11.6. The molecule has 1 atom stereocenters. The van der Waals surface area contributed by atoms with E-state index in [1.807, 2.05) is 28.9 Å². The topological polar surface area (TPSA) is 121 Å². The number of anilines is 1. The second-order valence-corrected chi connectivity index (χ2v) is 4.68. The van der Waals surface area contributed by atoms with E-state index in [9.17, 15) is 0 Å². The summed E-state index contributed by atoms with van der Waals surface area (Å²) in [4.78, 5) is 4.35. The van der Waals surface area contributed by atoms with Gasteiger partial charge < -0.3 is 9.14 Å². The van der Waals surface area contributed by atoms with Crippen LogP contribution in [0.1, 0.15) is 5.56 Å². The van der Waals surface area contributed by atoms with Crippen molar-refractivity contribution in [1.82, 2.24) is 35.4 Å². The van der Waals surface area contributed by atoms with E-state index < -0.39 is 5.85 Å². The average Bonchev–Trinajstić information content (AvgIpc) is 3.28. The summed E-state index contributed by atoms with van der Waals surface area (Å²) in [5, 5.41) is 23.0. The monoisotopic (exact) mass is 300 g/mol. The third kappa shape index (κ3) is 1.99. The fourth-order valence-corrected chi connectivity index (χ4v) is 2.30. The Bertz CT molecular complexity index is 811. The van der Waals surface area contributed by atoms with Gasteiger partial charge in [-0.05, 0) is 16.5 Å². The third-order valence-electron chi connectivity index (χ3n) is 3.37. The van der Waals surface area contributed by atoms with Crippen LogP contribution in [0.4, 0.5) is 5.95 Å². The normalized spacial score (nSPS) is 21.0. The number of H-pyrrole nitrogens is 1. The van der Waals surface area contributed by atoms with Crippen molar-refractivity contribution in [2.45, 2.75) is 12.3 Å². The van der Waals surface area contributed by atoms with E-state index in [4.69, 9.17) is 4.74 Å². The molecule has 1 unspecified atom stereocenters. The van der Waals surface area contributed by atoms with Crippen LogP contribution in [-0.4, -0.2) is 43.0 Å². The van der Waals surface area contributed by atoms with Crippen molar-refractivity contribution in [2.75, 3.05) is 12.2 Å². The molecular weight excluding hydrogens is 288 g/mol. The number of tetrazole rings is 1. The van der Waals surface area contributed by atoms with E-state index in [0.717, 1.165) is 11.2 Å². The maximum Gasteiger partial charge on any atom is 0.302 e. The van der Waals surface area contributed by atoms with Gasteiger partial charge in [0.05, 0.1) is 0 Å². The van der Waals surface area contributed by atoms with E-state index in [2.05, 4.69) is 41.4 Å². The molecule has 0 aliphatic carbocycles. The fraction of sp³-hybridized carbons (Fsp3) is 0.273. The summed E-state index contributed by atoms with van der Waals surface area (Å²) >= 11 is 0. The lowest BCUT2D eigenvalue weighted by Crippen LogP contribution is -2.50. The molecule has 11 heteroatoms. The van der Waals surface area contributed by atoms with Gasteiger partial charge in [-0.25, -0.2) is 4.98 Å². The molecule has 3 aromatic rings. The molecule has 0 fully saturated rings. The van der Waals surface area contributed by atoms with Gasteiger partial charge in [-0.3, -0.25) is 0 Å². The van der Waals surface area contributed by atoms with Crippen LogP contribution in [0, 0.1) is 0 Å². The summed E-state index contributed by atoms with van der Waals surface area (Å²) in [5.74, 6) is -0.796. The Labute approximate surface area is 123 Å². The molecule has 3 aromatic heterocycles. The summed E-state index contributed by atoms with van der Waals surface area (Å²) in [6, 6.07) is 3.91. The Morgan fingerprint density at radius 2 is 2.32 bits per heavy atom. The molecule has 0 bridgehead atoms. The highest BCUT2D eigenvalue weighted by atomic mass is 16.5. The average molecular weight is 300 g/mol. The molecule has 4 rings (SSSR count). The van der Waals surface area contributed by atoms with Crippen LogP contribution in [0.2, 0.25) is 0 Å². The van der Waals surface area contributed by atoms with Crippen molar-refractivity contribution in [3.8, 4) is 0 Å². The number of ether oxygens (including phenoxy) is 1. The Morgan fingerprint density at radius 1 is 1.36 bits per heavy atom. The predicted octanol–water partition coefficient (Wildman–Crippen LogP) is 0.0821. The zero-order chi connectivity index (χ0) is 15.0. The molecule has 1 aliphatic rings. The summed E-state index contributed by atoms with van der Waals surface area (Å²) in [6.07, 6.45) is 5.99. The SMILES string of the molecule is COC1(Cc2cccn3ccnc23)N=NN(c2nn[nH]n2)N1. The van der Waals surface area contributed by atoms with Crippen LogP contribution in [0.25, 0.3) is 5.65 Å². The first-order valence-electron chi connectivity index (χ1n) is 6.50. The smallest absolute Gasteiger partial charge is 0.302 e. The second-order valence-electron chi connectivity index (χ2n) is 4.68. The van der Waals surface area contributed by atoms with Gasteiger partial charge >= 0.3 is 5.95 Å². The van der Waals surface area contributed by atoms with E-state index in [1.165, 1.54) is 5.12 Å². The Hall–Kier alpha value is -2.92. The summed E-state index contributed by atoms with van der Waals surface area (Å²) in [6.45, 7) is 0. The first-order chi connectivity index (χ1) is 10.8. The quantitative estimate of drug-likeness (QED) is 0.700. The highest BCUT2D eigenvalue weighted by Crippen LogP contribution is 2.25. The molecule has 0 radical (unpaired) electrons. The predicted molar refractivity (Wildman–Crippen MR) is 73.3 cm³/mol. The van der Waals surface area contributed by atoms with Gasteiger partial charge in [-0.15, -0.1) is 15.3 Å². The number of aromatic amines is 1. The molecule has 0 saturated carbocycles. The molecule has 0 spiro atoms. The molecular formula is C11H12N10O. The number of pyridine rings is 1. The minimum Gasteiger partial charge on any atom is -0.342 e. The Kier molecular flexibility index (Phi) is 2.80. The van der Waals surface area contributed by atoms with Gasteiger partial charge in [-0.2, -0.15) is 10.6 Å². The van der Waals surface area contributed by atoms with Gasteiger partial charge in [0.25, 0.3) is 5.85 Å². The number of hydrogen-bond acceptors (Lipinski definition) is 9. The Morgan fingerprint density at radius 3 is 3.14 bits per heavy atom. The summed E-state index contributed by atoms with van der Waals surface area (Å²) < 4.78 is 7.45. The maximum absolute atomic E-state index is 5.52. The lowest BCUT2D eigenvalue weighted by molar-refractivity contribution is -0.0231. The number of hydrazine groups is 1. The van der Waals surface area contributed by atoms with Crippen LogP contribution in [-0.2, 0) is 11.2 Å². The lowest BCUT2D eigenvalue weighted by Gasteiger charge is -2.24. The number of methoxy groups -OCH3 is 1. The number of hydrogen-bond donors (Lipinski definition) is 2. The van der Waals surface area contributed by atoms with Crippen LogP contribution >= 0.6 is 0 Å². The van der Waals surface area contributed by atoms with Gasteiger partial charge in [-0.1, -0.05) is 11.2 Å². The summed E-state index contributed by atoms with van der Waals surface area (Å²) in [7, 11) is 1.55. The van der Waals surface area contributed by atoms with Crippen molar-refractivity contribution in [3.63, 3.8) is 0 Å². The zero-order valence-electron chi connectivity index (χ0n) is 11.6. The third-order valence-corrected chi connectivity index (χ3v) is 3.37. The molecule has 2 N–H and O–H groups in total. The maximum atomic E-state index is 5.52. The molecule has 0 amide bonds. The molecule has 0 saturated heterocycles. The van der Waals surface area contributed by atoms with Crippen LogP contribution in [0.5, 0.6) is 0 Å². The lowest BCUT2D eigenvalue weighted by atomic mass is 10.1. The van der Waals surface area contributed by atoms with Gasteiger partial charge in [0.15, 0.2) is 0 Å². The molecule has 0 aromatic carbocycles. The van der Waals surface area contributed by atoms with E-state index >= 15 is 0 Å². The van der Waals surface area contributed by atoms with Crippen LogP contribution < -0.4 is 10.5 Å². The molecule has 11 nitrogen and oxygen atoms in total. The number of fused-ring (bicyclic) bond motifs is 1. The summed E-state index contributed by atoms with van der Waals surface area (Å²) in [5.41, 5.74) is 4.83.